The molecule has 1 unspecified atom stereocenters. The van der Waals surface area contributed by atoms with Gasteiger partial charge < -0.3 is 16.0 Å². The third kappa shape index (κ3) is 5.49. The highest BCUT2D eigenvalue weighted by atomic mass is 16.2. The smallest absolute Gasteiger partial charge is 0.226 e. The topological polar surface area (TPSA) is 75.4 Å². The van der Waals surface area contributed by atoms with Gasteiger partial charge >= 0.3 is 0 Å². The number of likely N-dealkylation sites (tertiary alicyclic amines) is 1. The molecule has 0 aliphatic carbocycles. The van der Waals surface area contributed by atoms with E-state index in [9.17, 15) is 9.59 Å². The second-order valence-electron chi connectivity index (χ2n) is 6.27. The fourth-order valence-electron chi connectivity index (χ4n) is 2.77. The highest BCUT2D eigenvalue weighted by Gasteiger charge is 2.27. The van der Waals surface area contributed by atoms with Gasteiger partial charge in [-0.05, 0) is 31.1 Å². The largest absolute Gasteiger partial charge is 0.356 e. The van der Waals surface area contributed by atoms with E-state index in [-0.39, 0.29) is 17.7 Å². The van der Waals surface area contributed by atoms with Gasteiger partial charge in [-0.2, -0.15) is 0 Å². The first-order valence-corrected chi connectivity index (χ1v) is 7.67. The van der Waals surface area contributed by atoms with Gasteiger partial charge in [0.2, 0.25) is 11.8 Å². The molecule has 20 heavy (non-hydrogen) atoms. The molecule has 0 spiro atoms. The number of rotatable bonds is 6. The Balaban J connectivity index is 2.39. The number of hydrogen-bond acceptors (Lipinski definition) is 3. The van der Waals surface area contributed by atoms with Crippen molar-refractivity contribution in [3.05, 3.63) is 0 Å². The summed E-state index contributed by atoms with van der Waals surface area (Å²) < 4.78 is 0. The summed E-state index contributed by atoms with van der Waals surface area (Å²) in [5, 5.41) is 2.86. The van der Waals surface area contributed by atoms with Crippen LogP contribution < -0.4 is 11.1 Å². The lowest BCUT2D eigenvalue weighted by Gasteiger charge is -2.34. The van der Waals surface area contributed by atoms with E-state index in [0.29, 0.717) is 18.4 Å². The fraction of sp³-hybridized carbons (Fsp3) is 0.867. The van der Waals surface area contributed by atoms with Gasteiger partial charge in [-0.1, -0.05) is 13.8 Å². The van der Waals surface area contributed by atoms with Crippen LogP contribution in [0.4, 0.5) is 0 Å². The lowest BCUT2D eigenvalue weighted by Crippen LogP contribution is -2.45. The van der Waals surface area contributed by atoms with Crippen molar-refractivity contribution >= 4 is 11.8 Å². The van der Waals surface area contributed by atoms with Crippen LogP contribution in [0.1, 0.15) is 40.0 Å². The van der Waals surface area contributed by atoms with Gasteiger partial charge in [0.05, 0.1) is 5.92 Å². The third-order valence-corrected chi connectivity index (χ3v) is 3.96. The fourth-order valence-corrected chi connectivity index (χ4v) is 2.77. The number of piperidine rings is 1. The van der Waals surface area contributed by atoms with Gasteiger partial charge in [0, 0.05) is 33.1 Å². The number of nitrogens with two attached hydrogens (primary N) is 1. The minimum Gasteiger partial charge on any atom is -0.356 e. The molecule has 0 saturated carbocycles. The molecule has 0 bridgehead atoms. The molecule has 0 aromatic heterocycles. The normalized spacial score (nSPS) is 18.1. The van der Waals surface area contributed by atoms with Crippen LogP contribution in [-0.4, -0.2) is 42.9 Å². The molecule has 1 saturated heterocycles. The van der Waals surface area contributed by atoms with Crippen molar-refractivity contribution in [2.75, 3.05) is 26.2 Å². The average Bonchev–Trinajstić information content (AvgIpc) is 2.42. The summed E-state index contributed by atoms with van der Waals surface area (Å²) in [6.07, 6.45) is 2.79. The molecule has 0 aromatic carbocycles. The molecule has 3 N–H and O–H groups in total. The maximum absolute atomic E-state index is 12.4. The number of nitrogens with one attached hydrogen (secondary N) is 1. The number of carbonyl (C=O) groups is 2. The van der Waals surface area contributed by atoms with Crippen molar-refractivity contribution in [2.24, 2.45) is 23.5 Å². The molecule has 1 aliphatic heterocycles. The van der Waals surface area contributed by atoms with Gasteiger partial charge in [-0.3, -0.25) is 9.59 Å². The van der Waals surface area contributed by atoms with Crippen molar-refractivity contribution in [2.45, 2.75) is 40.0 Å². The Labute approximate surface area is 122 Å². The minimum absolute atomic E-state index is 0.0173. The molecular formula is C15H29N3O2. The Hall–Kier alpha value is -1.10. The van der Waals surface area contributed by atoms with E-state index in [1.165, 1.54) is 6.92 Å². The summed E-state index contributed by atoms with van der Waals surface area (Å²) in [4.78, 5) is 25.3. The highest BCUT2D eigenvalue weighted by Crippen LogP contribution is 2.20. The van der Waals surface area contributed by atoms with Crippen molar-refractivity contribution < 1.29 is 9.59 Å². The summed E-state index contributed by atoms with van der Waals surface area (Å²) in [6.45, 7) is 8.52. The van der Waals surface area contributed by atoms with E-state index >= 15 is 0 Å². The summed E-state index contributed by atoms with van der Waals surface area (Å²) in [5.74, 6) is 1.17. The van der Waals surface area contributed by atoms with Crippen molar-refractivity contribution in [3.8, 4) is 0 Å². The molecule has 2 amide bonds. The maximum Gasteiger partial charge on any atom is 0.226 e. The highest BCUT2D eigenvalue weighted by molar-refractivity contribution is 5.79. The van der Waals surface area contributed by atoms with E-state index in [2.05, 4.69) is 19.2 Å². The van der Waals surface area contributed by atoms with Gasteiger partial charge in [0.15, 0.2) is 0 Å². The van der Waals surface area contributed by atoms with Crippen LogP contribution in [0.15, 0.2) is 0 Å². The Morgan fingerprint density at radius 1 is 1.30 bits per heavy atom. The third-order valence-electron chi connectivity index (χ3n) is 3.96. The quantitative estimate of drug-likeness (QED) is 0.763. The van der Waals surface area contributed by atoms with E-state index in [0.717, 1.165) is 38.9 Å². The molecule has 0 aromatic rings. The van der Waals surface area contributed by atoms with Crippen molar-refractivity contribution in [1.82, 2.24) is 10.2 Å². The van der Waals surface area contributed by atoms with Crippen molar-refractivity contribution in [3.63, 3.8) is 0 Å². The zero-order valence-corrected chi connectivity index (χ0v) is 13.0. The molecule has 1 rings (SSSR count). The minimum atomic E-state index is -0.0399. The number of hydrogen-bond donors (Lipinski definition) is 2. The maximum atomic E-state index is 12.4. The standard InChI is InChI=1S/C15H29N3O2/c1-11(2)8-14(9-16)15(20)18-6-4-13(5-7-18)10-17-12(3)19/h11,13-14H,4-10,16H2,1-3H3,(H,17,19). The second kappa shape index (κ2) is 8.25. The molecule has 5 nitrogen and oxygen atoms in total. The van der Waals surface area contributed by atoms with Crippen LogP contribution in [-0.2, 0) is 9.59 Å². The van der Waals surface area contributed by atoms with E-state index in [4.69, 9.17) is 5.73 Å². The lowest BCUT2D eigenvalue weighted by molar-refractivity contribution is -0.137. The SMILES string of the molecule is CC(=O)NCC1CCN(C(=O)C(CN)CC(C)C)CC1. The molecule has 1 fully saturated rings. The molecule has 1 aliphatic rings. The Morgan fingerprint density at radius 2 is 1.90 bits per heavy atom. The van der Waals surface area contributed by atoms with Crippen LogP contribution in [0.2, 0.25) is 0 Å². The zero-order chi connectivity index (χ0) is 15.1. The second-order valence-corrected chi connectivity index (χ2v) is 6.27. The molecule has 0 radical (unpaired) electrons. The molecular weight excluding hydrogens is 254 g/mol. The predicted molar refractivity (Wildman–Crippen MR) is 80.0 cm³/mol. The van der Waals surface area contributed by atoms with Crippen LogP contribution in [0, 0.1) is 17.8 Å². The van der Waals surface area contributed by atoms with Crippen LogP contribution in [0.25, 0.3) is 0 Å². The number of nitrogens with zero attached hydrogens (tertiary/aromatic N) is 1. The molecule has 1 heterocycles. The van der Waals surface area contributed by atoms with Gasteiger partial charge in [-0.25, -0.2) is 0 Å². The Kier molecular flexibility index (Phi) is 6.99. The Bertz CT molecular complexity index is 323. The summed E-state index contributed by atoms with van der Waals surface area (Å²) in [5.41, 5.74) is 5.74. The van der Waals surface area contributed by atoms with Gasteiger partial charge in [0.1, 0.15) is 0 Å². The molecule has 116 valence electrons. The first kappa shape index (κ1) is 17.0. The van der Waals surface area contributed by atoms with Crippen LogP contribution >= 0.6 is 0 Å². The van der Waals surface area contributed by atoms with E-state index in [1.807, 2.05) is 4.90 Å². The van der Waals surface area contributed by atoms with E-state index < -0.39 is 0 Å². The van der Waals surface area contributed by atoms with Gasteiger partial charge in [-0.15, -0.1) is 0 Å². The molecule has 1 atom stereocenters. The predicted octanol–water partition coefficient (Wildman–Crippen LogP) is 0.982. The average molecular weight is 283 g/mol. The monoisotopic (exact) mass is 283 g/mol. The first-order valence-electron chi connectivity index (χ1n) is 7.67. The summed E-state index contributed by atoms with van der Waals surface area (Å²) in [7, 11) is 0. The lowest BCUT2D eigenvalue weighted by atomic mass is 9.92. The van der Waals surface area contributed by atoms with E-state index in [1.54, 1.807) is 0 Å². The van der Waals surface area contributed by atoms with Crippen molar-refractivity contribution in [1.29, 1.82) is 0 Å². The summed E-state index contributed by atoms with van der Waals surface area (Å²) >= 11 is 0. The van der Waals surface area contributed by atoms with Gasteiger partial charge in [0.25, 0.3) is 0 Å². The summed E-state index contributed by atoms with van der Waals surface area (Å²) in [6, 6.07) is 0. The first-order chi connectivity index (χ1) is 9.43. The number of amides is 2. The number of carbonyl (C=O) groups excluding carboxylic acids is 2. The van der Waals surface area contributed by atoms with Crippen LogP contribution in [0.3, 0.4) is 0 Å². The Morgan fingerprint density at radius 3 is 2.35 bits per heavy atom. The zero-order valence-electron chi connectivity index (χ0n) is 13.0. The molecule has 5 heteroatoms. The van der Waals surface area contributed by atoms with Crippen LogP contribution in [0.5, 0.6) is 0 Å².